The highest BCUT2D eigenvalue weighted by molar-refractivity contribution is 5.77. The Morgan fingerprint density at radius 1 is 1.47 bits per heavy atom. The van der Waals surface area contributed by atoms with Crippen LogP contribution in [0.5, 0.6) is 0 Å². The molecular formula is C9H16F2N2O2. The lowest BCUT2D eigenvalue weighted by Crippen LogP contribution is -2.41. The summed E-state index contributed by atoms with van der Waals surface area (Å²) in [5, 5.41) is 13.2. The summed E-state index contributed by atoms with van der Waals surface area (Å²) >= 11 is 0. The molecule has 4 nitrogen and oxygen atoms in total. The zero-order valence-corrected chi connectivity index (χ0v) is 8.43. The van der Waals surface area contributed by atoms with Gasteiger partial charge in [-0.05, 0) is 18.8 Å². The quantitative estimate of drug-likeness (QED) is 0.555. The van der Waals surface area contributed by atoms with Gasteiger partial charge in [-0.2, -0.15) is 0 Å². The molecule has 1 aliphatic carbocycles. The summed E-state index contributed by atoms with van der Waals surface area (Å²) < 4.78 is 25.0. The summed E-state index contributed by atoms with van der Waals surface area (Å²) in [5.74, 6) is -2.86. The Morgan fingerprint density at radius 2 is 2.13 bits per heavy atom. The molecule has 0 aromatic rings. The van der Waals surface area contributed by atoms with Gasteiger partial charge in [0.1, 0.15) is 6.61 Å². The first kappa shape index (κ1) is 12.3. The van der Waals surface area contributed by atoms with Crippen molar-refractivity contribution in [2.24, 2.45) is 5.92 Å². The van der Waals surface area contributed by atoms with Gasteiger partial charge in [-0.15, -0.1) is 0 Å². The van der Waals surface area contributed by atoms with Gasteiger partial charge in [0.15, 0.2) is 0 Å². The predicted molar refractivity (Wildman–Crippen MR) is 50.6 cm³/mol. The molecule has 0 aliphatic heterocycles. The van der Waals surface area contributed by atoms with E-state index in [4.69, 9.17) is 5.11 Å². The molecule has 0 heterocycles. The van der Waals surface area contributed by atoms with E-state index in [1.165, 1.54) is 0 Å². The largest absolute Gasteiger partial charge is 0.390 e. The number of aliphatic hydroxyl groups excluding tert-OH is 1. The van der Waals surface area contributed by atoms with Crippen molar-refractivity contribution < 1.29 is 18.7 Å². The number of carbonyl (C=O) groups excluding carboxylic acids is 1. The molecule has 0 aromatic carbocycles. The smallest absolute Gasteiger partial charge is 0.282 e. The third-order valence-corrected chi connectivity index (χ3v) is 2.19. The van der Waals surface area contributed by atoms with Crippen LogP contribution in [0.25, 0.3) is 0 Å². The number of aliphatic hydroxyl groups is 1. The van der Waals surface area contributed by atoms with Crippen molar-refractivity contribution in [3.05, 3.63) is 0 Å². The van der Waals surface area contributed by atoms with Crippen LogP contribution in [0.2, 0.25) is 0 Å². The van der Waals surface area contributed by atoms with Gasteiger partial charge < -0.3 is 15.7 Å². The summed E-state index contributed by atoms with van der Waals surface area (Å²) in [5.41, 5.74) is 0. The van der Waals surface area contributed by atoms with Gasteiger partial charge in [0.25, 0.3) is 5.92 Å². The Balaban J connectivity index is 2.00. The Hall–Kier alpha value is -0.750. The Labute approximate surface area is 87.0 Å². The lowest BCUT2D eigenvalue weighted by atomic mass is 10.3. The summed E-state index contributed by atoms with van der Waals surface area (Å²) in [6.07, 6.45) is 2.27. The third-order valence-electron chi connectivity index (χ3n) is 2.19. The Morgan fingerprint density at radius 3 is 2.67 bits per heavy atom. The van der Waals surface area contributed by atoms with E-state index < -0.39 is 19.1 Å². The van der Waals surface area contributed by atoms with Crippen molar-refractivity contribution in [1.29, 1.82) is 0 Å². The van der Waals surface area contributed by atoms with E-state index in [1.807, 2.05) is 0 Å². The van der Waals surface area contributed by atoms with E-state index in [2.05, 4.69) is 10.6 Å². The lowest BCUT2D eigenvalue weighted by Gasteiger charge is -2.13. The van der Waals surface area contributed by atoms with E-state index in [-0.39, 0.29) is 12.5 Å². The SMILES string of the molecule is O=C(CNCC(F)(F)CO)NCC1CC1. The van der Waals surface area contributed by atoms with Crippen molar-refractivity contribution in [3.8, 4) is 0 Å². The molecule has 0 radical (unpaired) electrons. The van der Waals surface area contributed by atoms with Crippen LogP contribution in [-0.4, -0.2) is 43.2 Å². The molecule has 0 aromatic heterocycles. The summed E-state index contributed by atoms with van der Waals surface area (Å²) in [6.45, 7) is -1.39. The number of rotatable bonds is 7. The van der Waals surface area contributed by atoms with Crippen LogP contribution >= 0.6 is 0 Å². The fourth-order valence-corrected chi connectivity index (χ4v) is 1.06. The van der Waals surface area contributed by atoms with Gasteiger partial charge in [0.2, 0.25) is 5.91 Å². The van der Waals surface area contributed by atoms with Gasteiger partial charge in [0, 0.05) is 6.54 Å². The zero-order chi connectivity index (χ0) is 11.3. The molecule has 0 spiro atoms. The number of hydrogen-bond donors (Lipinski definition) is 3. The molecule has 1 rings (SSSR count). The van der Waals surface area contributed by atoms with Crippen molar-refractivity contribution in [2.75, 3.05) is 26.2 Å². The van der Waals surface area contributed by atoms with Gasteiger partial charge >= 0.3 is 0 Å². The topological polar surface area (TPSA) is 61.4 Å². The molecule has 0 bridgehead atoms. The first-order valence-electron chi connectivity index (χ1n) is 4.99. The van der Waals surface area contributed by atoms with Crippen molar-refractivity contribution >= 4 is 5.91 Å². The van der Waals surface area contributed by atoms with Gasteiger partial charge in [-0.3, -0.25) is 4.79 Å². The first-order valence-corrected chi connectivity index (χ1v) is 4.99. The highest BCUT2D eigenvalue weighted by Crippen LogP contribution is 2.27. The molecule has 3 N–H and O–H groups in total. The second kappa shape index (κ2) is 5.37. The van der Waals surface area contributed by atoms with Gasteiger partial charge in [-0.25, -0.2) is 8.78 Å². The minimum atomic E-state index is -3.16. The average Bonchev–Trinajstić information content (AvgIpc) is 2.98. The molecular weight excluding hydrogens is 206 g/mol. The first-order chi connectivity index (χ1) is 7.03. The third kappa shape index (κ3) is 5.64. The molecule has 0 saturated heterocycles. The second-order valence-corrected chi connectivity index (χ2v) is 3.87. The number of hydrogen-bond acceptors (Lipinski definition) is 3. The van der Waals surface area contributed by atoms with E-state index in [0.717, 1.165) is 12.8 Å². The van der Waals surface area contributed by atoms with Crippen LogP contribution in [0.4, 0.5) is 8.78 Å². The molecule has 88 valence electrons. The number of halogens is 2. The summed E-state index contributed by atoms with van der Waals surface area (Å²) in [7, 11) is 0. The van der Waals surface area contributed by atoms with E-state index >= 15 is 0 Å². The molecule has 1 saturated carbocycles. The average molecular weight is 222 g/mol. The van der Waals surface area contributed by atoms with Gasteiger partial charge in [-0.1, -0.05) is 0 Å². The van der Waals surface area contributed by atoms with Crippen LogP contribution in [-0.2, 0) is 4.79 Å². The predicted octanol–water partition coefficient (Wildman–Crippen LogP) is -0.270. The van der Waals surface area contributed by atoms with Crippen molar-refractivity contribution in [2.45, 2.75) is 18.8 Å². The maximum Gasteiger partial charge on any atom is 0.282 e. The maximum atomic E-state index is 12.5. The molecule has 1 amide bonds. The number of alkyl halides is 2. The second-order valence-electron chi connectivity index (χ2n) is 3.87. The van der Waals surface area contributed by atoms with E-state index in [1.54, 1.807) is 0 Å². The molecule has 0 unspecified atom stereocenters. The van der Waals surface area contributed by atoms with E-state index in [9.17, 15) is 13.6 Å². The fraction of sp³-hybridized carbons (Fsp3) is 0.889. The van der Waals surface area contributed by atoms with Crippen molar-refractivity contribution in [1.82, 2.24) is 10.6 Å². The maximum absolute atomic E-state index is 12.5. The minimum absolute atomic E-state index is 0.137. The normalized spacial score (nSPS) is 16.5. The standard InChI is InChI=1S/C9H16F2N2O2/c10-9(11,6-14)5-12-4-8(15)13-3-7-1-2-7/h7,12,14H,1-6H2,(H,13,15). The number of nitrogens with one attached hydrogen (secondary N) is 2. The van der Waals surface area contributed by atoms with Crippen LogP contribution in [0.3, 0.4) is 0 Å². The summed E-state index contributed by atoms with van der Waals surface area (Å²) in [6, 6.07) is 0. The Kier molecular flexibility index (Phi) is 4.41. The van der Waals surface area contributed by atoms with Crippen LogP contribution in [0, 0.1) is 5.92 Å². The van der Waals surface area contributed by atoms with E-state index in [0.29, 0.717) is 12.5 Å². The van der Waals surface area contributed by atoms with Crippen molar-refractivity contribution in [3.63, 3.8) is 0 Å². The van der Waals surface area contributed by atoms with Gasteiger partial charge in [0.05, 0.1) is 13.1 Å². The van der Waals surface area contributed by atoms with Crippen LogP contribution < -0.4 is 10.6 Å². The highest BCUT2D eigenvalue weighted by atomic mass is 19.3. The zero-order valence-electron chi connectivity index (χ0n) is 8.43. The number of carbonyl (C=O) groups is 1. The lowest BCUT2D eigenvalue weighted by molar-refractivity contribution is -0.120. The summed E-state index contributed by atoms with van der Waals surface area (Å²) in [4.78, 5) is 11.1. The molecule has 6 heteroatoms. The molecule has 1 aliphatic rings. The molecule has 15 heavy (non-hydrogen) atoms. The highest BCUT2D eigenvalue weighted by Gasteiger charge is 2.27. The Bertz CT molecular complexity index is 220. The molecule has 1 fully saturated rings. The monoisotopic (exact) mass is 222 g/mol. The minimum Gasteiger partial charge on any atom is -0.390 e. The van der Waals surface area contributed by atoms with Crippen LogP contribution in [0.15, 0.2) is 0 Å². The molecule has 0 atom stereocenters. The number of amides is 1. The fourth-order valence-electron chi connectivity index (χ4n) is 1.06. The van der Waals surface area contributed by atoms with Crippen LogP contribution in [0.1, 0.15) is 12.8 Å².